The fourth-order valence-electron chi connectivity index (χ4n) is 1.65. The van der Waals surface area contributed by atoms with Gasteiger partial charge in [0.25, 0.3) is 5.82 Å². The molecule has 104 valence electrons. The molecular weight excluding hydrogens is 291 g/mol. The average Bonchev–Trinajstić information content (AvgIpc) is 3.04. The molecule has 0 spiro atoms. The van der Waals surface area contributed by atoms with Crippen LogP contribution in [0.15, 0.2) is 29.6 Å². The zero-order valence-electron chi connectivity index (χ0n) is 9.92. The lowest BCUT2D eigenvalue weighted by Gasteiger charge is -2.06. The van der Waals surface area contributed by atoms with Crippen LogP contribution in [0.3, 0.4) is 0 Å². The first kappa shape index (κ1) is 12.9. The van der Waals surface area contributed by atoms with E-state index in [1.807, 2.05) is 17.5 Å². The van der Waals surface area contributed by atoms with E-state index in [1.165, 1.54) is 6.07 Å². The highest BCUT2D eigenvalue weighted by atomic mass is 32.1. The van der Waals surface area contributed by atoms with Crippen LogP contribution in [0.1, 0.15) is 10.7 Å². The first-order chi connectivity index (χ1) is 9.54. The van der Waals surface area contributed by atoms with Gasteiger partial charge in [-0.25, -0.2) is 0 Å². The number of aromatic nitrogens is 4. The molecule has 0 fully saturated rings. The largest absolute Gasteiger partial charge is 0.453 e. The Kier molecular flexibility index (Phi) is 3.05. The zero-order valence-corrected chi connectivity index (χ0v) is 10.7. The van der Waals surface area contributed by atoms with Gasteiger partial charge in [0.1, 0.15) is 5.82 Å². The third kappa shape index (κ3) is 2.44. The van der Waals surface area contributed by atoms with Crippen LogP contribution in [0.2, 0.25) is 0 Å². The molecule has 1 N–H and O–H groups in total. The summed E-state index contributed by atoms with van der Waals surface area (Å²) in [6.45, 7) is 0.500. The lowest BCUT2D eigenvalue weighted by Crippen LogP contribution is -2.13. The highest BCUT2D eigenvalue weighted by Crippen LogP contribution is 2.27. The van der Waals surface area contributed by atoms with E-state index >= 15 is 0 Å². The molecule has 9 heteroatoms. The van der Waals surface area contributed by atoms with Gasteiger partial charge >= 0.3 is 6.18 Å². The topological polar surface area (TPSA) is 55.1 Å². The molecule has 0 bridgehead atoms. The number of nitrogens with one attached hydrogen (secondary N) is 1. The molecule has 3 aromatic heterocycles. The number of nitrogens with zero attached hydrogens (tertiary/aromatic N) is 4. The third-order valence-corrected chi connectivity index (χ3v) is 3.42. The lowest BCUT2D eigenvalue weighted by atomic mass is 10.4. The molecule has 0 saturated carbocycles. The number of hydrogen-bond donors (Lipinski definition) is 1. The van der Waals surface area contributed by atoms with Gasteiger partial charge in [0.15, 0.2) is 5.65 Å². The van der Waals surface area contributed by atoms with E-state index in [4.69, 9.17) is 0 Å². The molecule has 3 rings (SSSR count). The van der Waals surface area contributed by atoms with Gasteiger partial charge < -0.3 is 5.32 Å². The van der Waals surface area contributed by atoms with Crippen molar-refractivity contribution < 1.29 is 13.2 Å². The van der Waals surface area contributed by atoms with E-state index in [9.17, 15) is 13.2 Å². The van der Waals surface area contributed by atoms with Crippen molar-refractivity contribution in [3.8, 4) is 0 Å². The molecule has 0 unspecified atom stereocenters. The molecule has 0 radical (unpaired) electrons. The van der Waals surface area contributed by atoms with Crippen LogP contribution in [0.25, 0.3) is 5.65 Å². The van der Waals surface area contributed by atoms with Crippen LogP contribution in [0.4, 0.5) is 19.0 Å². The first-order valence-corrected chi connectivity index (χ1v) is 6.48. The van der Waals surface area contributed by atoms with Gasteiger partial charge in [-0.1, -0.05) is 6.07 Å². The summed E-state index contributed by atoms with van der Waals surface area (Å²) in [6.07, 6.45) is -4.58. The van der Waals surface area contributed by atoms with Gasteiger partial charge in [-0.05, 0) is 23.6 Å². The van der Waals surface area contributed by atoms with Crippen LogP contribution >= 0.6 is 11.3 Å². The minimum Gasteiger partial charge on any atom is -0.364 e. The first-order valence-electron chi connectivity index (χ1n) is 5.60. The Labute approximate surface area is 115 Å². The second-order valence-corrected chi connectivity index (χ2v) is 4.98. The maximum absolute atomic E-state index is 12.7. The molecule has 0 atom stereocenters. The van der Waals surface area contributed by atoms with Gasteiger partial charge in [0, 0.05) is 4.88 Å². The second kappa shape index (κ2) is 4.75. The molecule has 5 nitrogen and oxygen atoms in total. The lowest BCUT2D eigenvalue weighted by molar-refractivity contribution is -0.146. The Balaban J connectivity index is 1.89. The quantitative estimate of drug-likeness (QED) is 0.808. The van der Waals surface area contributed by atoms with Crippen LogP contribution in [0.5, 0.6) is 0 Å². The van der Waals surface area contributed by atoms with E-state index in [-0.39, 0.29) is 5.65 Å². The van der Waals surface area contributed by atoms with Crippen molar-refractivity contribution in [1.29, 1.82) is 0 Å². The summed E-state index contributed by atoms with van der Waals surface area (Å²) >= 11 is 1.55. The summed E-state index contributed by atoms with van der Waals surface area (Å²) in [4.78, 5) is 1.06. The predicted molar refractivity (Wildman–Crippen MR) is 67.4 cm³/mol. The van der Waals surface area contributed by atoms with Crippen molar-refractivity contribution in [2.45, 2.75) is 12.7 Å². The number of thiophene rings is 1. The monoisotopic (exact) mass is 299 g/mol. The second-order valence-electron chi connectivity index (χ2n) is 3.94. The van der Waals surface area contributed by atoms with Gasteiger partial charge in [-0.15, -0.1) is 26.6 Å². The van der Waals surface area contributed by atoms with Crippen molar-refractivity contribution in [1.82, 2.24) is 19.8 Å². The summed E-state index contributed by atoms with van der Waals surface area (Å²) in [5, 5.41) is 15.3. The van der Waals surface area contributed by atoms with Gasteiger partial charge in [-0.2, -0.15) is 17.7 Å². The Hall–Kier alpha value is -2.16. The molecule has 0 aromatic carbocycles. The summed E-state index contributed by atoms with van der Waals surface area (Å²) in [5.74, 6) is -0.802. The van der Waals surface area contributed by atoms with E-state index in [1.54, 1.807) is 17.4 Å². The van der Waals surface area contributed by atoms with Gasteiger partial charge in [0.05, 0.1) is 6.54 Å². The Bertz CT molecular complexity index is 719. The van der Waals surface area contributed by atoms with E-state index < -0.39 is 12.0 Å². The number of fused-ring (bicyclic) bond motifs is 1. The molecule has 0 saturated heterocycles. The molecule has 20 heavy (non-hydrogen) atoms. The normalized spacial score (nSPS) is 11.9. The number of anilines is 1. The van der Waals surface area contributed by atoms with Crippen LogP contribution in [-0.2, 0) is 12.7 Å². The highest BCUT2D eigenvalue weighted by molar-refractivity contribution is 7.09. The molecule has 0 aliphatic carbocycles. The molecule has 3 aromatic rings. The van der Waals surface area contributed by atoms with Crippen LogP contribution in [-0.4, -0.2) is 19.8 Å². The Morgan fingerprint density at radius 1 is 1.20 bits per heavy atom. The van der Waals surface area contributed by atoms with Crippen molar-refractivity contribution >= 4 is 22.8 Å². The van der Waals surface area contributed by atoms with E-state index in [0.717, 1.165) is 4.88 Å². The summed E-state index contributed by atoms with van der Waals surface area (Å²) in [5.41, 5.74) is 0.0546. The predicted octanol–water partition coefficient (Wildman–Crippen LogP) is 2.82. The summed E-state index contributed by atoms with van der Waals surface area (Å²) < 4.78 is 38.8. The Morgan fingerprint density at radius 2 is 2.05 bits per heavy atom. The fourth-order valence-corrected chi connectivity index (χ4v) is 2.30. The minimum absolute atomic E-state index is 0.0546. The Morgan fingerprint density at radius 3 is 2.75 bits per heavy atom. The minimum atomic E-state index is -4.58. The SMILES string of the molecule is FC(F)(F)c1nnc2ccc(NCc3cccs3)nn12. The number of hydrogen-bond acceptors (Lipinski definition) is 5. The van der Waals surface area contributed by atoms with Crippen LogP contribution < -0.4 is 5.32 Å². The maximum Gasteiger partial charge on any atom is 0.453 e. The molecule has 0 aliphatic heterocycles. The van der Waals surface area contributed by atoms with Crippen molar-refractivity contribution in [2.75, 3.05) is 5.32 Å². The average molecular weight is 299 g/mol. The van der Waals surface area contributed by atoms with Crippen molar-refractivity contribution in [3.05, 3.63) is 40.3 Å². The molecule has 3 heterocycles. The molecular formula is C11H8F3N5S. The summed E-state index contributed by atoms with van der Waals surface area (Å²) in [7, 11) is 0. The van der Waals surface area contributed by atoms with Gasteiger partial charge in [-0.3, -0.25) is 0 Å². The van der Waals surface area contributed by atoms with E-state index in [2.05, 4.69) is 20.6 Å². The van der Waals surface area contributed by atoms with Crippen LogP contribution in [0, 0.1) is 0 Å². The van der Waals surface area contributed by atoms with Gasteiger partial charge in [0.2, 0.25) is 0 Å². The van der Waals surface area contributed by atoms with Crippen molar-refractivity contribution in [2.24, 2.45) is 0 Å². The molecule has 0 amide bonds. The third-order valence-electron chi connectivity index (χ3n) is 2.54. The number of alkyl halides is 3. The highest BCUT2D eigenvalue weighted by Gasteiger charge is 2.37. The standard InChI is InChI=1S/C11H8F3N5S/c12-11(13,14)10-17-16-9-4-3-8(18-19(9)10)15-6-7-2-1-5-20-7/h1-5H,6H2,(H,15,18). The number of rotatable bonds is 3. The molecule has 0 aliphatic rings. The zero-order chi connectivity index (χ0) is 14.2. The van der Waals surface area contributed by atoms with E-state index in [0.29, 0.717) is 16.9 Å². The summed E-state index contributed by atoms with van der Waals surface area (Å²) in [6, 6.07) is 6.83. The fraction of sp³-hybridized carbons (Fsp3) is 0.182. The van der Waals surface area contributed by atoms with Crippen molar-refractivity contribution in [3.63, 3.8) is 0 Å². The number of halogens is 3. The maximum atomic E-state index is 12.7. The smallest absolute Gasteiger partial charge is 0.364 e.